The first-order valence-corrected chi connectivity index (χ1v) is 7.48. The molecule has 1 unspecified atom stereocenters. The number of morpholine rings is 2. The average Bonchev–Trinajstić information content (AvgIpc) is 2.46. The monoisotopic (exact) mass is 412 g/mol. The number of rotatable bonds is 3. The molecule has 0 aromatic carbocycles. The molecule has 0 aromatic heterocycles. The summed E-state index contributed by atoms with van der Waals surface area (Å²) in [5.41, 5.74) is 6.14. The highest BCUT2D eigenvalue weighted by Gasteiger charge is 2.28. The number of aliphatic imine (C=N–C) groups is 1. The average molecular weight is 412 g/mol. The Morgan fingerprint density at radius 2 is 1.90 bits per heavy atom. The van der Waals surface area contributed by atoms with E-state index in [1.807, 2.05) is 0 Å². The van der Waals surface area contributed by atoms with Crippen LogP contribution in [0.25, 0.3) is 0 Å². The molecule has 2 aliphatic rings. The fourth-order valence-corrected chi connectivity index (χ4v) is 2.67. The first-order chi connectivity index (χ1) is 9.49. The molecular weight excluding hydrogens is 383 g/mol. The van der Waals surface area contributed by atoms with Crippen molar-refractivity contribution in [3.8, 4) is 0 Å². The zero-order valence-corrected chi connectivity index (χ0v) is 15.7. The number of ether oxygens (including phenoxy) is 2. The Balaban J connectivity index is 0.00000220. The molecule has 2 rings (SSSR count). The van der Waals surface area contributed by atoms with Crippen molar-refractivity contribution in [1.29, 1.82) is 0 Å². The molecule has 1 atom stereocenters. The molecule has 0 radical (unpaired) electrons. The Morgan fingerprint density at radius 1 is 1.24 bits per heavy atom. The van der Waals surface area contributed by atoms with Gasteiger partial charge in [0.1, 0.15) is 0 Å². The van der Waals surface area contributed by atoms with Crippen molar-refractivity contribution < 1.29 is 9.47 Å². The molecule has 2 aliphatic heterocycles. The topological polar surface area (TPSA) is 63.3 Å². The summed E-state index contributed by atoms with van der Waals surface area (Å²) in [4.78, 5) is 9.15. The van der Waals surface area contributed by atoms with Crippen LogP contribution >= 0.6 is 24.0 Å². The third-order valence-corrected chi connectivity index (χ3v) is 4.06. The lowest BCUT2D eigenvalue weighted by Gasteiger charge is -2.40. The van der Waals surface area contributed by atoms with Gasteiger partial charge >= 0.3 is 0 Å². The Kier molecular flexibility index (Phi) is 7.66. The minimum atomic E-state index is 0. The summed E-state index contributed by atoms with van der Waals surface area (Å²) in [6.45, 7) is 13.2. The highest BCUT2D eigenvalue weighted by atomic mass is 127. The van der Waals surface area contributed by atoms with E-state index in [1.165, 1.54) is 0 Å². The van der Waals surface area contributed by atoms with Crippen LogP contribution < -0.4 is 5.73 Å². The van der Waals surface area contributed by atoms with E-state index in [0.717, 1.165) is 46.0 Å². The lowest BCUT2D eigenvalue weighted by molar-refractivity contribution is -0.00742. The number of nitrogens with two attached hydrogens (primary N) is 1. The normalized spacial score (nSPS) is 25.6. The summed E-state index contributed by atoms with van der Waals surface area (Å²) in [5.74, 6) is 0.640. The van der Waals surface area contributed by atoms with E-state index in [1.54, 1.807) is 0 Å². The van der Waals surface area contributed by atoms with E-state index in [4.69, 9.17) is 15.2 Å². The largest absolute Gasteiger partial charge is 0.379 e. The smallest absolute Gasteiger partial charge is 0.191 e. The number of nitrogens with zero attached hydrogens (tertiary/aromatic N) is 3. The molecule has 0 amide bonds. The van der Waals surface area contributed by atoms with Crippen LogP contribution in [0.15, 0.2) is 4.99 Å². The van der Waals surface area contributed by atoms with Crippen LogP contribution in [-0.2, 0) is 9.47 Å². The maximum absolute atomic E-state index is 6.12. The molecule has 0 saturated carbocycles. The van der Waals surface area contributed by atoms with Crippen LogP contribution in [-0.4, -0.2) is 79.9 Å². The Morgan fingerprint density at radius 3 is 2.52 bits per heavy atom. The van der Waals surface area contributed by atoms with Gasteiger partial charge in [0.05, 0.1) is 32.5 Å². The van der Waals surface area contributed by atoms with E-state index in [9.17, 15) is 0 Å². The second-order valence-electron chi connectivity index (χ2n) is 6.21. The summed E-state index contributed by atoms with van der Waals surface area (Å²) in [7, 11) is 0. The van der Waals surface area contributed by atoms with Gasteiger partial charge in [-0.2, -0.15) is 0 Å². The summed E-state index contributed by atoms with van der Waals surface area (Å²) in [5, 5.41) is 0. The zero-order valence-electron chi connectivity index (χ0n) is 13.4. The van der Waals surface area contributed by atoms with E-state index in [-0.39, 0.29) is 35.6 Å². The van der Waals surface area contributed by atoms with Gasteiger partial charge in [-0.1, -0.05) is 0 Å². The molecule has 0 bridgehead atoms. The van der Waals surface area contributed by atoms with E-state index < -0.39 is 0 Å². The van der Waals surface area contributed by atoms with Crippen LogP contribution in [0.4, 0.5) is 0 Å². The lowest BCUT2D eigenvalue weighted by Crippen LogP contribution is -2.53. The number of hydrogen-bond acceptors (Lipinski definition) is 4. The standard InChI is InChI=1S/C14H28N4O2.HI/c1-12-10-17(4-9-20-12)13(15)16-11-14(2,3)18-5-7-19-8-6-18;/h12H,4-11H2,1-3H3,(H2,15,16);1H. The second kappa shape index (κ2) is 8.50. The van der Waals surface area contributed by atoms with Gasteiger partial charge in [0, 0.05) is 31.7 Å². The Hall–Kier alpha value is -0.120. The quantitative estimate of drug-likeness (QED) is 0.421. The third-order valence-electron chi connectivity index (χ3n) is 4.06. The summed E-state index contributed by atoms with van der Waals surface area (Å²) >= 11 is 0. The van der Waals surface area contributed by atoms with Crippen molar-refractivity contribution in [2.45, 2.75) is 32.4 Å². The first kappa shape index (κ1) is 18.9. The van der Waals surface area contributed by atoms with E-state index >= 15 is 0 Å². The lowest BCUT2D eigenvalue weighted by atomic mass is 10.0. The minimum absolute atomic E-state index is 0. The van der Waals surface area contributed by atoms with Gasteiger partial charge in [-0.05, 0) is 20.8 Å². The van der Waals surface area contributed by atoms with Gasteiger partial charge < -0.3 is 20.1 Å². The highest BCUT2D eigenvalue weighted by Crippen LogP contribution is 2.16. The molecule has 2 N–H and O–H groups in total. The molecule has 7 heteroatoms. The fourth-order valence-electron chi connectivity index (χ4n) is 2.67. The van der Waals surface area contributed by atoms with E-state index in [2.05, 4.69) is 35.6 Å². The van der Waals surface area contributed by atoms with Gasteiger partial charge in [0.2, 0.25) is 0 Å². The summed E-state index contributed by atoms with van der Waals surface area (Å²) in [6, 6.07) is 0. The molecule has 0 aromatic rings. The van der Waals surface area contributed by atoms with Crippen molar-refractivity contribution >= 4 is 29.9 Å². The van der Waals surface area contributed by atoms with Crippen molar-refractivity contribution in [3.63, 3.8) is 0 Å². The van der Waals surface area contributed by atoms with Gasteiger partial charge in [-0.15, -0.1) is 24.0 Å². The van der Waals surface area contributed by atoms with Crippen LogP contribution in [0.1, 0.15) is 20.8 Å². The molecule has 2 saturated heterocycles. The summed E-state index contributed by atoms with van der Waals surface area (Å²) in [6.07, 6.45) is 0.227. The van der Waals surface area contributed by atoms with Crippen molar-refractivity contribution in [2.75, 3.05) is 52.5 Å². The molecule has 0 aliphatic carbocycles. The molecule has 0 spiro atoms. The highest BCUT2D eigenvalue weighted by molar-refractivity contribution is 14.0. The predicted octanol–water partition coefficient (Wildman–Crippen LogP) is 0.751. The predicted molar refractivity (Wildman–Crippen MR) is 95.4 cm³/mol. The number of halogens is 1. The van der Waals surface area contributed by atoms with Crippen LogP contribution in [0.2, 0.25) is 0 Å². The Bertz CT molecular complexity index is 346. The third kappa shape index (κ3) is 5.54. The van der Waals surface area contributed by atoms with Crippen LogP contribution in [0.3, 0.4) is 0 Å². The van der Waals surface area contributed by atoms with Crippen LogP contribution in [0.5, 0.6) is 0 Å². The maximum Gasteiger partial charge on any atom is 0.191 e. The molecule has 21 heavy (non-hydrogen) atoms. The first-order valence-electron chi connectivity index (χ1n) is 7.48. The van der Waals surface area contributed by atoms with Crippen LogP contribution in [0, 0.1) is 0 Å². The zero-order chi connectivity index (χ0) is 14.6. The molecule has 124 valence electrons. The second-order valence-corrected chi connectivity index (χ2v) is 6.21. The van der Waals surface area contributed by atoms with Gasteiger partial charge in [-0.25, -0.2) is 0 Å². The minimum Gasteiger partial charge on any atom is -0.379 e. The maximum atomic E-state index is 6.12. The molecule has 2 heterocycles. The van der Waals surface area contributed by atoms with Gasteiger partial charge in [0.15, 0.2) is 5.96 Å². The van der Waals surface area contributed by atoms with Crippen molar-refractivity contribution in [2.24, 2.45) is 10.7 Å². The SMILES string of the molecule is CC1CN(C(N)=NCC(C)(C)N2CCOCC2)CCO1.I. The van der Waals surface area contributed by atoms with E-state index in [0.29, 0.717) is 12.5 Å². The van der Waals surface area contributed by atoms with Gasteiger partial charge in [0.25, 0.3) is 0 Å². The van der Waals surface area contributed by atoms with Crippen molar-refractivity contribution in [1.82, 2.24) is 9.80 Å². The molecule has 6 nitrogen and oxygen atoms in total. The Labute approximate surface area is 145 Å². The number of hydrogen-bond donors (Lipinski definition) is 1. The molecular formula is C14H29IN4O2. The summed E-state index contributed by atoms with van der Waals surface area (Å²) < 4.78 is 10.9. The number of guanidine groups is 1. The molecule has 2 fully saturated rings. The van der Waals surface area contributed by atoms with Gasteiger partial charge in [-0.3, -0.25) is 9.89 Å². The fraction of sp³-hybridized carbons (Fsp3) is 0.929. The van der Waals surface area contributed by atoms with Crippen molar-refractivity contribution in [3.05, 3.63) is 0 Å².